The number of rotatable bonds is 3. The molecule has 1 heterocycles. The Morgan fingerprint density at radius 2 is 2.25 bits per heavy atom. The number of nitrogens with one attached hydrogen (secondary N) is 1. The molecular weight excluding hydrogens is 170 g/mol. The van der Waals surface area contributed by atoms with E-state index in [0.717, 1.165) is 10.6 Å². The average molecular weight is 183 g/mol. The fourth-order valence-corrected chi connectivity index (χ4v) is 1.87. The lowest BCUT2D eigenvalue weighted by Gasteiger charge is -1.98. The molecule has 0 aromatic carbocycles. The lowest BCUT2D eigenvalue weighted by atomic mass is 10.1. The molecular formula is C9H13NOS. The van der Waals surface area contributed by atoms with Gasteiger partial charge in [-0.3, -0.25) is 4.79 Å². The van der Waals surface area contributed by atoms with Crippen molar-refractivity contribution < 1.29 is 4.79 Å². The number of carbonyl (C=O) groups excluding carboxylic acids is 1. The van der Waals surface area contributed by atoms with Crippen molar-refractivity contribution in [1.82, 2.24) is 0 Å². The molecule has 0 unspecified atom stereocenters. The summed E-state index contributed by atoms with van der Waals surface area (Å²) in [6.45, 7) is 3.84. The molecule has 1 N–H and O–H groups in total. The molecule has 0 radical (unpaired) electrons. The zero-order valence-electron chi connectivity index (χ0n) is 7.55. The van der Waals surface area contributed by atoms with Crippen LogP contribution in [-0.2, 0) is 0 Å². The van der Waals surface area contributed by atoms with Crippen molar-refractivity contribution in [3.63, 3.8) is 0 Å². The largest absolute Gasteiger partial charge is 0.387 e. The summed E-state index contributed by atoms with van der Waals surface area (Å²) >= 11 is 1.50. The van der Waals surface area contributed by atoms with Gasteiger partial charge in [-0.1, -0.05) is 13.8 Å². The summed E-state index contributed by atoms with van der Waals surface area (Å²) in [5, 5.41) is 4.95. The second-order valence-corrected chi connectivity index (χ2v) is 3.88. The molecule has 0 spiro atoms. The van der Waals surface area contributed by atoms with E-state index < -0.39 is 0 Å². The first-order chi connectivity index (χ1) is 5.65. The molecule has 0 aliphatic carbocycles. The number of thiophene rings is 1. The molecule has 0 bridgehead atoms. The minimum absolute atomic E-state index is 0.0911. The molecule has 1 aromatic heterocycles. The Kier molecular flexibility index (Phi) is 2.87. The maximum Gasteiger partial charge on any atom is 0.175 e. The molecule has 0 aliphatic rings. The van der Waals surface area contributed by atoms with Crippen LogP contribution >= 0.6 is 11.3 Å². The Hall–Kier alpha value is -0.830. The van der Waals surface area contributed by atoms with Crippen LogP contribution in [-0.4, -0.2) is 12.8 Å². The van der Waals surface area contributed by atoms with E-state index in [0.29, 0.717) is 0 Å². The van der Waals surface area contributed by atoms with Crippen molar-refractivity contribution in [1.29, 1.82) is 0 Å². The van der Waals surface area contributed by atoms with Gasteiger partial charge in [0.25, 0.3) is 0 Å². The average Bonchev–Trinajstić information content (AvgIpc) is 2.50. The quantitative estimate of drug-likeness (QED) is 0.730. The highest BCUT2D eigenvalue weighted by Crippen LogP contribution is 2.21. The van der Waals surface area contributed by atoms with E-state index in [1.807, 2.05) is 32.3 Å². The highest BCUT2D eigenvalue weighted by molar-refractivity contribution is 7.12. The number of carbonyl (C=O) groups is 1. The summed E-state index contributed by atoms with van der Waals surface area (Å²) in [6.07, 6.45) is 0. The molecule has 3 heteroatoms. The summed E-state index contributed by atoms with van der Waals surface area (Å²) < 4.78 is 0. The smallest absolute Gasteiger partial charge is 0.175 e. The van der Waals surface area contributed by atoms with E-state index in [9.17, 15) is 4.79 Å². The van der Waals surface area contributed by atoms with Gasteiger partial charge in [0.05, 0.1) is 4.88 Å². The molecule has 0 atom stereocenters. The molecule has 0 saturated carbocycles. The van der Waals surface area contributed by atoms with Crippen molar-refractivity contribution in [3.8, 4) is 0 Å². The van der Waals surface area contributed by atoms with Gasteiger partial charge in [-0.2, -0.15) is 0 Å². The first kappa shape index (κ1) is 9.26. The van der Waals surface area contributed by atoms with Gasteiger partial charge in [0.15, 0.2) is 5.78 Å². The molecule has 2 nitrogen and oxygen atoms in total. The number of hydrogen-bond acceptors (Lipinski definition) is 3. The topological polar surface area (TPSA) is 29.1 Å². The summed E-state index contributed by atoms with van der Waals surface area (Å²) in [5.41, 5.74) is 1.02. The molecule has 0 fully saturated rings. The first-order valence-corrected chi connectivity index (χ1v) is 4.83. The normalized spacial score (nSPS) is 10.3. The van der Waals surface area contributed by atoms with E-state index in [2.05, 4.69) is 5.32 Å². The van der Waals surface area contributed by atoms with Crippen LogP contribution in [0, 0.1) is 5.92 Å². The van der Waals surface area contributed by atoms with Crippen LogP contribution in [0.25, 0.3) is 0 Å². The third-order valence-electron chi connectivity index (χ3n) is 1.66. The van der Waals surface area contributed by atoms with Gasteiger partial charge < -0.3 is 5.32 Å². The van der Waals surface area contributed by atoms with Gasteiger partial charge in [-0.15, -0.1) is 11.3 Å². The summed E-state index contributed by atoms with van der Waals surface area (Å²) in [4.78, 5) is 12.3. The van der Waals surface area contributed by atoms with Crippen molar-refractivity contribution in [2.45, 2.75) is 13.8 Å². The van der Waals surface area contributed by atoms with Crippen LogP contribution in [0.4, 0.5) is 5.69 Å². The predicted octanol–water partition coefficient (Wildman–Crippen LogP) is 2.63. The van der Waals surface area contributed by atoms with Crippen LogP contribution in [0.1, 0.15) is 23.5 Å². The third kappa shape index (κ3) is 1.85. The van der Waals surface area contributed by atoms with Gasteiger partial charge in [-0.05, 0) is 6.07 Å². The number of Topliss-reactive ketones (excluding diaryl/α,β-unsaturated/α-hetero) is 1. The molecule has 0 saturated heterocycles. The number of hydrogen-bond donors (Lipinski definition) is 1. The van der Waals surface area contributed by atoms with Gasteiger partial charge in [-0.25, -0.2) is 0 Å². The Balaban J connectivity index is 2.82. The monoisotopic (exact) mass is 183 g/mol. The number of anilines is 1. The van der Waals surface area contributed by atoms with Crippen LogP contribution in [0.3, 0.4) is 0 Å². The molecule has 0 amide bonds. The van der Waals surface area contributed by atoms with Crippen LogP contribution in [0.15, 0.2) is 11.4 Å². The maximum absolute atomic E-state index is 11.5. The van der Waals surface area contributed by atoms with Crippen LogP contribution in [0.2, 0.25) is 0 Å². The Labute approximate surface area is 76.6 Å². The summed E-state index contributed by atoms with van der Waals surface area (Å²) in [5.74, 6) is 0.315. The van der Waals surface area contributed by atoms with E-state index in [-0.39, 0.29) is 11.7 Å². The second-order valence-electron chi connectivity index (χ2n) is 2.97. The lowest BCUT2D eigenvalue weighted by Crippen LogP contribution is -2.04. The van der Waals surface area contributed by atoms with E-state index in [4.69, 9.17) is 0 Å². The van der Waals surface area contributed by atoms with Crippen molar-refractivity contribution >= 4 is 22.8 Å². The second kappa shape index (κ2) is 3.72. The van der Waals surface area contributed by atoms with E-state index >= 15 is 0 Å². The summed E-state index contributed by atoms with van der Waals surface area (Å²) in [7, 11) is 1.85. The highest BCUT2D eigenvalue weighted by Gasteiger charge is 2.12. The Morgan fingerprint density at radius 3 is 2.67 bits per heavy atom. The fraction of sp³-hybridized carbons (Fsp3) is 0.444. The van der Waals surface area contributed by atoms with Crippen molar-refractivity contribution in [3.05, 3.63) is 16.3 Å². The predicted molar refractivity (Wildman–Crippen MR) is 53.0 cm³/mol. The molecule has 1 rings (SSSR count). The van der Waals surface area contributed by atoms with Gasteiger partial charge in [0.2, 0.25) is 0 Å². The zero-order chi connectivity index (χ0) is 9.14. The molecule has 1 aromatic rings. The van der Waals surface area contributed by atoms with Gasteiger partial charge >= 0.3 is 0 Å². The van der Waals surface area contributed by atoms with Crippen molar-refractivity contribution in [2.75, 3.05) is 12.4 Å². The third-order valence-corrected chi connectivity index (χ3v) is 2.60. The Bertz CT molecular complexity index is 278. The number of ketones is 1. The zero-order valence-corrected chi connectivity index (χ0v) is 8.37. The molecule has 66 valence electrons. The van der Waals surface area contributed by atoms with E-state index in [1.54, 1.807) is 0 Å². The molecule has 0 aliphatic heterocycles. The minimum atomic E-state index is 0.0911. The standard InChI is InChI=1S/C9H13NOS/c1-6(2)9(11)8-4-7(10-3)5-12-8/h4-6,10H,1-3H3. The summed E-state index contributed by atoms with van der Waals surface area (Å²) in [6, 6.07) is 1.90. The minimum Gasteiger partial charge on any atom is -0.387 e. The maximum atomic E-state index is 11.5. The first-order valence-electron chi connectivity index (χ1n) is 3.95. The highest BCUT2D eigenvalue weighted by atomic mass is 32.1. The van der Waals surface area contributed by atoms with E-state index in [1.165, 1.54) is 11.3 Å². The fourth-order valence-electron chi connectivity index (χ4n) is 0.881. The lowest BCUT2D eigenvalue weighted by molar-refractivity contribution is 0.0943. The Morgan fingerprint density at radius 1 is 1.58 bits per heavy atom. The van der Waals surface area contributed by atoms with Crippen LogP contribution in [0.5, 0.6) is 0 Å². The molecule has 12 heavy (non-hydrogen) atoms. The van der Waals surface area contributed by atoms with Crippen LogP contribution < -0.4 is 5.32 Å². The SMILES string of the molecule is CNc1csc(C(=O)C(C)C)c1. The van der Waals surface area contributed by atoms with Gasteiger partial charge in [0.1, 0.15) is 0 Å². The van der Waals surface area contributed by atoms with Crippen molar-refractivity contribution in [2.24, 2.45) is 5.92 Å². The van der Waals surface area contributed by atoms with Gasteiger partial charge in [0, 0.05) is 24.0 Å².